The third-order valence-corrected chi connectivity index (χ3v) is 7.94. The lowest BCUT2D eigenvalue weighted by Gasteiger charge is -2.45. The number of hydrogen-bond donors (Lipinski definition) is 1. The molecule has 5 heteroatoms. The van der Waals surface area contributed by atoms with Gasteiger partial charge in [0.15, 0.2) is 0 Å². The molecular formula is C20H30O4S. The maximum Gasteiger partial charge on any atom is 0.296 e. The molecule has 0 heterocycles. The summed E-state index contributed by atoms with van der Waals surface area (Å²) in [5.74, 6) is 0.906. The van der Waals surface area contributed by atoms with Crippen LogP contribution in [-0.2, 0) is 14.3 Å². The second kappa shape index (κ2) is 7.01. The van der Waals surface area contributed by atoms with E-state index in [9.17, 15) is 13.5 Å². The summed E-state index contributed by atoms with van der Waals surface area (Å²) in [7, 11) is -3.71. The van der Waals surface area contributed by atoms with Crippen molar-refractivity contribution in [1.29, 1.82) is 0 Å². The molecule has 1 aromatic carbocycles. The lowest BCUT2D eigenvalue weighted by molar-refractivity contribution is -0.0307. The van der Waals surface area contributed by atoms with Crippen molar-refractivity contribution in [2.75, 3.05) is 6.61 Å². The lowest BCUT2D eigenvalue weighted by atomic mass is 9.62. The fourth-order valence-electron chi connectivity index (χ4n) is 5.21. The summed E-state index contributed by atoms with van der Waals surface area (Å²) in [6.45, 7) is 6.50. The molecule has 5 atom stereocenters. The fraction of sp³-hybridized carbons (Fsp3) is 0.700. The zero-order valence-electron chi connectivity index (χ0n) is 15.4. The Morgan fingerprint density at radius 2 is 1.92 bits per heavy atom. The van der Waals surface area contributed by atoms with Gasteiger partial charge in [-0.3, -0.25) is 4.18 Å². The van der Waals surface area contributed by atoms with E-state index in [1.165, 1.54) is 0 Å². The molecule has 3 rings (SSSR count). The first-order chi connectivity index (χ1) is 11.7. The van der Waals surface area contributed by atoms with Crippen LogP contribution in [0.2, 0.25) is 0 Å². The fourth-order valence-corrected chi connectivity index (χ4v) is 6.21. The Kier molecular flexibility index (Phi) is 5.29. The van der Waals surface area contributed by atoms with Gasteiger partial charge in [-0.2, -0.15) is 8.42 Å². The predicted molar refractivity (Wildman–Crippen MR) is 97.7 cm³/mol. The van der Waals surface area contributed by atoms with E-state index in [1.54, 1.807) is 24.3 Å². The van der Waals surface area contributed by atoms with Crippen molar-refractivity contribution in [3.63, 3.8) is 0 Å². The first-order valence-electron chi connectivity index (χ1n) is 9.38. The minimum Gasteiger partial charge on any atom is -0.393 e. The van der Waals surface area contributed by atoms with E-state index >= 15 is 0 Å². The van der Waals surface area contributed by atoms with Gasteiger partial charge in [-0.25, -0.2) is 0 Å². The van der Waals surface area contributed by atoms with Crippen molar-refractivity contribution in [3.05, 3.63) is 29.8 Å². The summed E-state index contributed by atoms with van der Waals surface area (Å²) >= 11 is 0. The van der Waals surface area contributed by atoms with Gasteiger partial charge in [0.2, 0.25) is 0 Å². The number of benzene rings is 1. The maximum atomic E-state index is 12.4. The molecule has 0 radical (unpaired) electrons. The molecule has 0 amide bonds. The molecule has 0 bridgehead atoms. The number of rotatable bonds is 5. The third-order valence-electron chi connectivity index (χ3n) is 6.65. The molecule has 1 aromatic rings. The van der Waals surface area contributed by atoms with E-state index in [-0.39, 0.29) is 28.9 Å². The number of aliphatic hydroxyl groups is 1. The van der Waals surface area contributed by atoms with E-state index in [2.05, 4.69) is 13.8 Å². The Morgan fingerprint density at radius 1 is 1.24 bits per heavy atom. The highest BCUT2D eigenvalue weighted by molar-refractivity contribution is 7.86. The van der Waals surface area contributed by atoms with Crippen LogP contribution in [0.15, 0.2) is 29.2 Å². The van der Waals surface area contributed by atoms with Crippen LogP contribution in [0, 0.1) is 30.1 Å². The van der Waals surface area contributed by atoms with Gasteiger partial charge in [-0.1, -0.05) is 38.0 Å². The van der Waals surface area contributed by atoms with Crippen LogP contribution in [-0.4, -0.2) is 26.2 Å². The molecule has 0 aliphatic heterocycles. The molecule has 0 spiro atoms. The quantitative estimate of drug-likeness (QED) is 0.803. The van der Waals surface area contributed by atoms with Gasteiger partial charge in [-0.15, -0.1) is 0 Å². The minimum absolute atomic E-state index is 0.105. The smallest absolute Gasteiger partial charge is 0.296 e. The molecule has 2 aliphatic carbocycles. The van der Waals surface area contributed by atoms with Crippen molar-refractivity contribution in [3.8, 4) is 0 Å². The molecule has 25 heavy (non-hydrogen) atoms. The molecule has 2 fully saturated rings. The van der Waals surface area contributed by atoms with Crippen molar-refractivity contribution in [1.82, 2.24) is 0 Å². The monoisotopic (exact) mass is 366 g/mol. The average molecular weight is 367 g/mol. The molecule has 2 aliphatic rings. The van der Waals surface area contributed by atoms with Crippen molar-refractivity contribution >= 4 is 10.1 Å². The molecule has 0 aromatic heterocycles. The van der Waals surface area contributed by atoms with Gasteiger partial charge in [0.1, 0.15) is 0 Å². The second-order valence-corrected chi connectivity index (χ2v) is 9.90. The van der Waals surface area contributed by atoms with Crippen LogP contribution in [0.3, 0.4) is 0 Å². The molecule has 140 valence electrons. The van der Waals surface area contributed by atoms with Gasteiger partial charge in [0.05, 0.1) is 17.6 Å². The van der Waals surface area contributed by atoms with Gasteiger partial charge in [0.25, 0.3) is 10.1 Å². The summed E-state index contributed by atoms with van der Waals surface area (Å²) in [6, 6.07) is 6.76. The Morgan fingerprint density at radius 3 is 2.60 bits per heavy atom. The molecule has 1 N–H and O–H groups in total. The normalized spacial score (nSPS) is 33.8. The largest absolute Gasteiger partial charge is 0.393 e. The highest BCUT2D eigenvalue weighted by Crippen LogP contribution is 2.57. The Bertz CT molecular complexity index is 697. The maximum absolute atomic E-state index is 12.4. The van der Waals surface area contributed by atoms with Crippen molar-refractivity contribution in [2.45, 2.75) is 63.9 Å². The zero-order valence-corrected chi connectivity index (χ0v) is 16.3. The number of aryl methyl sites for hydroxylation is 1. The minimum atomic E-state index is -3.71. The average Bonchev–Trinajstić information content (AvgIpc) is 2.92. The van der Waals surface area contributed by atoms with Gasteiger partial charge >= 0.3 is 0 Å². The zero-order chi connectivity index (χ0) is 18.2. The SMILES string of the molecule is Cc1ccc(S(=O)(=O)OCC(C)C2CCC3C(O)CCC[C@]23C)cc1. The Hall–Kier alpha value is -0.910. The second-order valence-electron chi connectivity index (χ2n) is 8.28. The van der Waals surface area contributed by atoms with Gasteiger partial charge < -0.3 is 5.11 Å². The summed E-state index contributed by atoms with van der Waals surface area (Å²) < 4.78 is 30.2. The highest BCUT2D eigenvalue weighted by Gasteiger charge is 2.52. The van der Waals surface area contributed by atoms with Crippen LogP contribution in [0.4, 0.5) is 0 Å². The van der Waals surface area contributed by atoms with E-state index in [0.29, 0.717) is 11.8 Å². The molecule has 0 saturated heterocycles. The standard InChI is InChI=1S/C20H30O4S/c1-14-6-8-16(9-7-14)25(22,23)24-13-15(2)17-10-11-18-19(21)5-4-12-20(17,18)3/h6-9,15,17-19,21H,4-5,10-13H2,1-3H3/t15?,17?,18?,19?,20-/m1/s1. The summed E-state index contributed by atoms with van der Waals surface area (Å²) in [5, 5.41) is 10.3. The van der Waals surface area contributed by atoms with Crippen molar-refractivity contribution in [2.24, 2.45) is 23.2 Å². The first-order valence-corrected chi connectivity index (χ1v) is 10.8. The van der Waals surface area contributed by atoms with Gasteiger partial charge in [0, 0.05) is 0 Å². The van der Waals surface area contributed by atoms with E-state index in [0.717, 1.165) is 37.7 Å². The van der Waals surface area contributed by atoms with Crippen molar-refractivity contribution < 1.29 is 17.7 Å². The number of aliphatic hydroxyl groups excluding tert-OH is 1. The first kappa shape index (κ1) is 18.9. The number of hydrogen-bond acceptors (Lipinski definition) is 4. The summed E-state index contributed by atoms with van der Waals surface area (Å²) in [6.07, 6.45) is 4.96. The molecule has 2 saturated carbocycles. The molecule has 4 nitrogen and oxygen atoms in total. The van der Waals surface area contributed by atoms with Crippen LogP contribution in [0.25, 0.3) is 0 Å². The van der Waals surface area contributed by atoms with Crippen LogP contribution in [0.5, 0.6) is 0 Å². The topological polar surface area (TPSA) is 63.6 Å². The Balaban J connectivity index is 1.66. The van der Waals surface area contributed by atoms with E-state index in [1.807, 2.05) is 6.92 Å². The summed E-state index contributed by atoms with van der Waals surface area (Å²) in [5.41, 5.74) is 1.13. The van der Waals surface area contributed by atoms with E-state index < -0.39 is 10.1 Å². The third kappa shape index (κ3) is 3.64. The predicted octanol–water partition coefficient (Wildman–Crippen LogP) is 3.91. The van der Waals surface area contributed by atoms with E-state index in [4.69, 9.17) is 4.18 Å². The lowest BCUT2D eigenvalue weighted by Crippen LogP contribution is -2.42. The molecule has 4 unspecified atom stereocenters. The Labute approximate surface area is 151 Å². The molecular weight excluding hydrogens is 336 g/mol. The highest BCUT2D eigenvalue weighted by atomic mass is 32.2. The van der Waals surface area contributed by atoms with Crippen LogP contribution < -0.4 is 0 Å². The van der Waals surface area contributed by atoms with Crippen LogP contribution in [0.1, 0.15) is 51.5 Å². The van der Waals surface area contributed by atoms with Gasteiger partial charge in [-0.05, 0) is 67.9 Å². The van der Waals surface area contributed by atoms with Crippen LogP contribution >= 0.6 is 0 Å². The number of fused-ring (bicyclic) bond motifs is 1. The summed E-state index contributed by atoms with van der Waals surface area (Å²) in [4.78, 5) is 0.217.